The normalized spacial score (nSPS) is 25.7. The Morgan fingerprint density at radius 2 is 1.58 bits per heavy atom. The van der Waals surface area contributed by atoms with Gasteiger partial charge in [-0.25, -0.2) is 0 Å². The summed E-state index contributed by atoms with van der Waals surface area (Å²) in [5.74, 6) is 0.357. The third-order valence-corrected chi connectivity index (χ3v) is 6.51. The van der Waals surface area contributed by atoms with E-state index in [9.17, 15) is 14.4 Å². The Labute approximate surface area is 179 Å². The summed E-state index contributed by atoms with van der Waals surface area (Å²) >= 11 is 0. The third-order valence-electron chi connectivity index (χ3n) is 6.51. The van der Waals surface area contributed by atoms with Gasteiger partial charge in [-0.15, -0.1) is 0 Å². The maximum atomic E-state index is 12.9. The quantitative estimate of drug-likeness (QED) is 0.595. The van der Waals surface area contributed by atoms with Gasteiger partial charge in [0.25, 0.3) is 5.91 Å². The standard InChI is InChI=1S/C24H22N2O5/c1-30-17-9-10-18(19(12-17)31-2)25-22(27)13-5-7-16(8-6-13)26-23(28)20-14-3-4-15(11-14)21(20)24(26)29/h3-10,12,14-15,20-21H,11H2,1-2H3,(H,25,27)/t14-,15+,20-,21-/m0/s1. The van der Waals surface area contributed by atoms with E-state index >= 15 is 0 Å². The number of allylic oxidation sites excluding steroid dienone is 2. The molecule has 3 amide bonds. The summed E-state index contributed by atoms with van der Waals surface area (Å²) in [5, 5.41) is 2.81. The highest BCUT2D eigenvalue weighted by molar-refractivity contribution is 6.23. The van der Waals surface area contributed by atoms with E-state index in [-0.39, 0.29) is 41.4 Å². The number of nitrogens with one attached hydrogen (secondary N) is 1. The molecule has 0 unspecified atom stereocenters. The number of benzene rings is 2. The molecule has 0 spiro atoms. The largest absolute Gasteiger partial charge is 0.497 e. The average molecular weight is 418 g/mol. The maximum absolute atomic E-state index is 12.9. The molecule has 1 heterocycles. The lowest BCUT2D eigenvalue weighted by Gasteiger charge is -2.17. The van der Waals surface area contributed by atoms with Crippen molar-refractivity contribution in [3.63, 3.8) is 0 Å². The van der Waals surface area contributed by atoms with Gasteiger partial charge in [-0.05, 0) is 54.7 Å². The number of hydrogen-bond acceptors (Lipinski definition) is 5. The van der Waals surface area contributed by atoms with E-state index in [4.69, 9.17) is 9.47 Å². The first-order valence-electron chi connectivity index (χ1n) is 10.2. The average Bonchev–Trinajstić information content (AvgIpc) is 3.48. The van der Waals surface area contributed by atoms with Gasteiger partial charge in [0, 0.05) is 11.6 Å². The van der Waals surface area contributed by atoms with Gasteiger partial charge in [-0.3, -0.25) is 19.3 Å². The van der Waals surface area contributed by atoms with Crippen LogP contribution >= 0.6 is 0 Å². The van der Waals surface area contributed by atoms with E-state index in [0.717, 1.165) is 6.42 Å². The number of fused-ring (bicyclic) bond motifs is 5. The zero-order chi connectivity index (χ0) is 21.7. The molecule has 2 aromatic carbocycles. The summed E-state index contributed by atoms with van der Waals surface area (Å²) < 4.78 is 10.5. The van der Waals surface area contributed by atoms with Gasteiger partial charge in [0.2, 0.25) is 11.8 Å². The molecule has 1 saturated carbocycles. The Morgan fingerprint density at radius 3 is 2.16 bits per heavy atom. The van der Waals surface area contributed by atoms with Crippen molar-refractivity contribution in [3.05, 3.63) is 60.2 Å². The van der Waals surface area contributed by atoms with Crippen molar-refractivity contribution >= 4 is 29.1 Å². The van der Waals surface area contributed by atoms with Gasteiger partial charge in [-0.1, -0.05) is 12.2 Å². The maximum Gasteiger partial charge on any atom is 0.255 e. The summed E-state index contributed by atoms with van der Waals surface area (Å²) in [6.45, 7) is 0. The Hall–Kier alpha value is -3.61. The number of nitrogens with zero attached hydrogens (tertiary/aromatic N) is 1. The van der Waals surface area contributed by atoms with Crippen molar-refractivity contribution in [2.45, 2.75) is 6.42 Å². The van der Waals surface area contributed by atoms with Crippen LogP contribution in [-0.4, -0.2) is 31.9 Å². The molecule has 1 saturated heterocycles. The molecule has 0 aromatic heterocycles. The molecule has 5 rings (SSSR count). The van der Waals surface area contributed by atoms with Crippen LogP contribution in [0.4, 0.5) is 11.4 Å². The molecule has 2 aliphatic carbocycles. The van der Waals surface area contributed by atoms with Crippen LogP contribution in [0.25, 0.3) is 0 Å². The number of methoxy groups -OCH3 is 2. The number of ether oxygens (including phenoxy) is 2. The SMILES string of the molecule is COc1ccc(NC(=O)c2ccc(N3C(=O)[C@@H]4[C@@H](C3=O)[C@H]3C=C[C@@H]4C3)cc2)c(OC)c1. The van der Waals surface area contributed by atoms with Crippen molar-refractivity contribution < 1.29 is 23.9 Å². The molecule has 2 bridgehead atoms. The number of amides is 3. The lowest BCUT2D eigenvalue weighted by atomic mass is 9.85. The van der Waals surface area contributed by atoms with Crippen LogP contribution in [0.5, 0.6) is 11.5 Å². The molecule has 1 N–H and O–H groups in total. The Morgan fingerprint density at radius 1 is 0.935 bits per heavy atom. The molecule has 31 heavy (non-hydrogen) atoms. The van der Waals surface area contributed by atoms with Gasteiger partial charge in [0.1, 0.15) is 11.5 Å². The molecule has 158 valence electrons. The molecule has 4 atom stereocenters. The van der Waals surface area contributed by atoms with Crippen LogP contribution in [-0.2, 0) is 9.59 Å². The first-order chi connectivity index (χ1) is 15.0. The van der Waals surface area contributed by atoms with Gasteiger partial charge in [0.15, 0.2) is 0 Å². The van der Waals surface area contributed by atoms with Gasteiger partial charge < -0.3 is 14.8 Å². The van der Waals surface area contributed by atoms with Crippen molar-refractivity contribution in [1.29, 1.82) is 0 Å². The van der Waals surface area contributed by atoms with Crippen molar-refractivity contribution in [2.24, 2.45) is 23.7 Å². The fourth-order valence-corrected chi connectivity index (χ4v) is 5.01. The van der Waals surface area contributed by atoms with Crippen molar-refractivity contribution in [3.8, 4) is 11.5 Å². The first kappa shape index (κ1) is 19.4. The summed E-state index contributed by atoms with van der Waals surface area (Å²) in [5.41, 5.74) is 1.42. The molecule has 2 aromatic rings. The number of anilines is 2. The zero-order valence-corrected chi connectivity index (χ0v) is 17.2. The van der Waals surface area contributed by atoms with Crippen LogP contribution in [0.1, 0.15) is 16.8 Å². The predicted octanol–water partition coefficient (Wildman–Crippen LogP) is 3.27. The summed E-state index contributed by atoms with van der Waals surface area (Å²) in [7, 11) is 3.07. The smallest absolute Gasteiger partial charge is 0.255 e. The number of carbonyl (C=O) groups excluding carboxylic acids is 3. The monoisotopic (exact) mass is 418 g/mol. The van der Waals surface area contributed by atoms with E-state index in [0.29, 0.717) is 28.4 Å². The predicted molar refractivity (Wildman–Crippen MR) is 114 cm³/mol. The van der Waals surface area contributed by atoms with Gasteiger partial charge in [0.05, 0.1) is 37.4 Å². The second-order valence-electron chi connectivity index (χ2n) is 8.08. The zero-order valence-electron chi connectivity index (χ0n) is 17.2. The molecular weight excluding hydrogens is 396 g/mol. The van der Waals surface area contributed by atoms with Crippen molar-refractivity contribution in [1.82, 2.24) is 0 Å². The number of imide groups is 1. The minimum atomic E-state index is -0.326. The highest BCUT2D eigenvalue weighted by Crippen LogP contribution is 2.53. The van der Waals surface area contributed by atoms with E-state index in [1.165, 1.54) is 12.0 Å². The number of hydrogen-bond donors (Lipinski definition) is 1. The molecular formula is C24H22N2O5. The second-order valence-corrected chi connectivity index (χ2v) is 8.08. The minimum absolute atomic E-state index is 0.132. The fraction of sp³-hybridized carbons (Fsp3) is 0.292. The molecule has 7 heteroatoms. The van der Waals surface area contributed by atoms with Crippen LogP contribution in [0.2, 0.25) is 0 Å². The van der Waals surface area contributed by atoms with Crippen molar-refractivity contribution in [2.75, 3.05) is 24.4 Å². The molecule has 1 aliphatic heterocycles. The molecule has 3 aliphatic rings. The minimum Gasteiger partial charge on any atom is -0.497 e. The van der Waals surface area contributed by atoms with E-state index in [2.05, 4.69) is 17.5 Å². The molecule has 0 radical (unpaired) electrons. The first-order valence-corrected chi connectivity index (χ1v) is 10.2. The van der Waals surface area contributed by atoms with Crippen LogP contribution < -0.4 is 19.7 Å². The van der Waals surface area contributed by atoms with Gasteiger partial charge in [-0.2, -0.15) is 0 Å². The van der Waals surface area contributed by atoms with Gasteiger partial charge >= 0.3 is 0 Å². The summed E-state index contributed by atoms with van der Waals surface area (Å²) in [6.07, 6.45) is 5.04. The Bertz CT molecular complexity index is 1080. The Kier molecular flexibility index (Phi) is 4.54. The topological polar surface area (TPSA) is 84.9 Å². The lowest BCUT2D eigenvalue weighted by Crippen LogP contribution is -2.32. The highest BCUT2D eigenvalue weighted by atomic mass is 16.5. The Balaban J connectivity index is 1.33. The van der Waals surface area contributed by atoms with E-state index in [1.807, 2.05) is 0 Å². The van der Waals surface area contributed by atoms with E-state index < -0.39 is 0 Å². The lowest BCUT2D eigenvalue weighted by molar-refractivity contribution is -0.123. The number of carbonyl (C=O) groups is 3. The highest BCUT2D eigenvalue weighted by Gasteiger charge is 2.59. The van der Waals surface area contributed by atoms with Crippen LogP contribution in [0.3, 0.4) is 0 Å². The van der Waals surface area contributed by atoms with Crippen LogP contribution in [0.15, 0.2) is 54.6 Å². The summed E-state index contributed by atoms with van der Waals surface area (Å²) in [6, 6.07) is 11.6. The summed E-state index contributed by atoms with van der Waals surface area (Å²) in [4.78, 5) is 39.9. The van der Waals surface area contributed by atoms with E-state index in [1.54, 1.807) is 49.6 Å². The number of rotatable bonds is 5. The fourth-order valence-electron chi connectivity index (χ4n) is 5.01. The third kappa shape index (κ3) is 3.00. The molecule has 7 nitrogen and oxygen atoms in total. The van der Waals surface area contributed by atoms with Crippen LogP contribution in [0, 0.1) is 23.7 Å². The molecule has 2 fully saturated rings. The second kappa shape index (κ2) is 7.27.